The Labute approximate surface area is 74.6 Å². The monoisotopic (exact) mass is 162 g/mol. The molecule has 0 bridgehead atoms. The van der Waals surface area contributed by atoms with Gasteiger partial charge in [-0.15, -0.1) is 0 Å². The summed E-state index contributed by atoms with van der Waals surface area (Å²) in [7, 11) is 0. The predicted octanol–water partition coefficient (Wildman–Crippen LogP) is 2.32. The van der Waals surface area contributed by atoms with E-state index in [1.807, 2.05) is 18.2 Å². The number of hydrogen-bond acceptors (Lipinski definition) is 1. The number of nitrogens with two attached hydrogens (primary N) is 1. The first-order valence-electron chi connectivity index (χ1n) is 4.30. The van der Waals surface area contributed by atoms with E-state index >= 15 is 0 Å². The molecule has 12 heavy (non-hydrogen) atoms. The van der Waals surface area contributed by atoms with Crippen LogP contribution in [0, 0.1) is 12.0 Å². The summed E-state index contributed by atoms with van der Waals surface area (Å²) in [5.74, 6) is 0.438. The Morgan fingerprint density at radius 3 is 2.58 bits per heavy atom. The molecule has 1 nitrogen and oxygen atoms in total. The van der Waals surface area contributed by atoms with Gasteiger partial charge in [-0.3, -0.25) is 0 Å². The van der Waals surface area contributed by atoms with Gasteiger partial charge in [-0.05, 0) is 30.5 Å². The number of hydrogen-bond donors (Lipinski definition) is 1. The van der Waals surface area contributed by atoms with Crippen molar-refractivity contribution in [1.82, 2.24) is 0 Å². The average molecular weight is 162 g/mol. The summed E-state index contributed by atoms with van der Waals surface area (Å²) in [4.78, 5) is 0. The van der Waals surface area contributed by atoms with Gasteiger partial charge in [0.2, 0.25) is 0 Å². The van der Waals surface area contributed by atoms with E-state index in [9.17, 15) is 0 Å². The zero-order valence-corrected chi connectivity index (χ0v) is 7.96. The van der Waals surface area contributed by atoms with Gasteiger partial charge in [-0.1, -0.05) is 32.0 Å². The van der Waals surface area contributed by atoms with Crippen LogP contribution >= 0.6 is 0 Å². The Balaban J connectivity index is 2.98. The van der Waals surface area contributed by atoms with Gasteiger partial charge in [0.05, 0.1) is 0 Å². The lowest BCUT2D eigenvalue weighted by Gasteiger charge is -2.29. The van der Waals surface area contributed by atoms with Crippen molar-refractivity contribution >= 4 is 0 Å². The van der Waals surface area contributed by atoms with Crippen LogP contribution in [-0.2, 0) is 5.54 Å². The molecule has 0 aliphatic heterocycles. The fraction of sp³-hybridized carbons (Fsp3) is 0.455. The Morgan fingerprint density at radius 1 is 1.50 bits per heavy atom. The fourth-order valence-corrected chi connectivity index (χ4v) is 1.06. The summed E-state index contributed by atoms with van der Waals surface area (Å²) in [6.07, 6.45) is 0. The molecule has 0 saturated heterocycles. The minimum absolute atomic E-state index is 0.238. The van der Waals surface area contributed by atoms with Crippen LogP contribution in [0.15, 0.2) is 24.3 Å². The molecule has 1 unspecified atom stereocenters. The van der Waals surface area contributed by atoms with Crippen LogP contribution in [-0.4, -0.2) is 0 Å². The molecule has 0 spiro atoms. The van der Waals surface area contributed by atoms with Crippen LogP contribution in [0.2, 0.25) is 0 Å². The quantitative estimate of drug-likeness (QED) is 0.709. The van der Waals surface area contributed by atoms with Crippen molar-refractivity contribution in [1.29, 1.82) is 0 Å². The summed E-state index contributed by atoms with van der Waals surface area (Å²) in [6, 6.07) is 10.9. The first-order chi connectivity index (χ1) is 5.55. The molecule has 2 N–H and O–H groups in total. The third kappa shape index (κ3) is 1.67. The Kier molecular flexibility index (Phi) is 2.53. The minimum atomic E-state index is -0.238. The van der Waals surface area contributed by atoms with Crippen molar-refractivity contribution < 1.29 is 0 Å². The van der Waals surface area contributed by atoms with E-state index in [0.717, 1.165) is 5.56 Å². The Hall–Kier alpha value is -0.820. The molecule has 0 aliphatic rings. The highest BCUT2D eigenvalue weighted by atomic mass is 14.7. The lowest BCUT2D eigenvalue weighted by atomic mass is 9.83. The Bertz CT molecular complexity index is 236. The largest absolute Gasteiger partial charge is 0.321 e. The molecule has 1 heteroatoms. The lowest BCUT2D eigenvalue weighted by molar-refractivity contribution is 0.350. The standard InChI is InChI=1S/C11H16N/c1-9(2)11(3,12)10-7-5-4-6-8-10/h4-5,7-9H,12H2,1-3H3. The molecule has 0 fully saturated rings. The molecule has 1 atom stereocenters. The van der Waals surface area contributed by atoms with Gasteiger partial charge < -0.3 is 5.73 Å². The second kappa shape index (κ2) is 3.28. The molecule has 0 heterocycles. The van der Waals surface area contributed by atoms with Gasteiger partial charge in [-0.25, -0.2) is 0 Å². The fourth-order valence-electron chi connectivity index (χ4n) is 1.06. The van der Waals surface area contributed by atoms with E-state index in [0.29, 0.717) is 5.92 Å². The van der Waals surface area contributed by atoms with Crippen LogP contribution in [0.4, 0.5) is 0 Å². The van der Waals surface area contributed by atoms with Gasteiger partial charge in [0.15, 0.2) is 0 Å². The molecular formula is C11H16N. The van der Waals surface area contributed by atoms with Crippen LogP contribution < -0.4 is 5.73 Å². The van der Waals surface area contributed by atoms with Crippen molar-refractivity contribution in [2.75, 3.05) is 0 Å². The van der Waals surface area contributed by atoms with Crippen molar-refractivity contribution in [2.45, 2.75) is 26.3 Å². The molecule has 1 radical (unpaired) electrons. The molecule has 0 aromatic heterocycles. The summed E-state index contributed by atoms with van der Waals surface area (Å²) in [5.41, 5.74) is 7.08. The predicted molar refractivity (Wildman–Crippen MR) is 51.7 cm³/mol. The van der Waals surface area contributed by atoms with Gasteiger partial charge in [0.25, 0.3) is 0 Å². The van der Waals surface area contributed by atoms with Crippen LogP contribution in [0.25, 0.3) is 0 Å². The van der Waals surface area contributed by atoms with Crippen molar-refractivity contribution in [2.24, 2.45) is 11.7 Å². The first kappa shape index (κ1) is 9.27. The first-order valence-corrected chi connectivity index (χ1v) is 4.30. The summed E-state index contributed by atoms with van der Waals surface area (Å²) < 4.78 is 0. The molecule has 0 aliphatic carbocycles. The summed E-state index contributed by atoms with van der Waals surface area (Å²) >= 11 is 0. The zero-order chi connectivity index (χ0) is 9.19. The molecule has 65 valence electrons. The average Bonchev–Trinajstić information content (AvgIpc) is 2.06. The molecular weight excluding hydrogens is 146 g/mol. The third-order valence-corrected chi connectivity index (χ3v) is 2.53. The maximum absolute atomic E-state index is 6.16. The number of benzene rings is 1. The normalized spacial score (nSPS) is 16.1. The second-order valence-electron chi connectivity index (χ2n) is 3.73. The van der Waals surface area contributed by atoms with Crippen molar-refractivity contribution in [3.8, 4) is 0 Å². The van der Waals surface area contributed by atoms with E-state index in [1.54, 1.807) is 0 Å². The minimum Gasteiger partial charge on any atom is -0.321 e. The zero-order valence-electron chi connectivity index (χ0n) is 7.96. The molecule has 1 aromatic rings. The molecule has 1 aromatic carbocycles. The van der Waals surface area contributed by atoms with Crippen LogP contribution in [0.5, 0.6) is 0 Å². The third-order valence-electron chi connectivity index (χ3n) is 2.53. The highest BCUT2D eigenvalue weighted by Crippen LogP contribution is 2.25. The maximum Gasteiger partial charge on any atom is 0.0404 e. The van der Waals surface area contributed by atoms with E-state index in [-0.39, 0.29) is 5.54 Å². The van der Waals surface area contributed by atoms with Gasteiger partial charge in [0, 0.05) is 5.54 Å². The van der Waals surface area contributed by atoms with Crippen molar-refractivity contribution in [3.63, 3.8) is 0 Å². The topological polar surface area (TPSA) is 26.0 Å². The summed E-state index contributed by atoms with van der Waals surface area (Å²) in [5, 5.41) is 0. The van der Waals surface area contributed by atoms with E-state index < -0.39 is 0 Å². The lowest BCUT2D eigenvalue weighted by Crippen LogP contribution is -2.38. The van der Waals surface area contributed by atoms with Crippen LogP contribution in [0.3, 0.4) is 0 Å². The SMILES string of the molecule is CC(C)C(C)(N)c1c[c]ccc1. The maximum atomic E-state index is 6.16. The van der Waals surface area contributed by atoms with Crippen LogP contribution in [0.1, 0.15) is 26.3 Å². The van der Waals surface area contributed by atoms with E-state index in [2.05, 4.69) is 32.9 Å². The smallest absolute Gasteiger partial charge is 0.0404 e. The molecule has 1 rings (SSSR count). The van der Waals surface area contributed by atoms with Gasteiger partial charge in [-0.2, -0.15) is 0 Å². The van der Waals surface area contributed by atoms with Crippen molar-refractivity contribution in [3.05, 3.63) is 35.9 Å². The molecule has 0 amide bonds. The van der Waals surface area contributed by atoms with E-state index in [1.165, 1.54) is 0 Å². The number of rotatable bonds is 2. The highest BCUT2D eigenvalue weighted by molar-refractivity contribution is 5.22. The Morgan fingerprint density at radius 2 is 2.17 bits per heavy atom. The summed E-state index contributed by atoms with van der Waals surface area (Å²) in [6.45, 7) is 6.32. The van der Waals surface area contributed by atoms with E-state index in [4.69, 9.17) is 5.73 Å². The second-order valence-corrected chi connectivity index (χ2v) is 3.73. The van der Waals surface area contributed by atoms with Gasteiger partial charge in [0.1, 0.15) is 0 Å². The molecule has 0 saturated carbocycles. The van der Waals surface area contributed by atoms with Gasteiger partial charge >= 0.3 is 0 Å². The highest BCUT2D eigenvalue weighted by Gasteiger charge is 2.24.